The van der Waals surface area contributed by atoms with E-state index in [2.05, 4.69) is 15.0 Å². The Morgan fingerprint density at radius 3 is 2.59 bits per heavy atom. The first-order chi connectivity index (χ1) is 13.7. The lowest BCUT2D eigenvalue weighted by atomic mass is 9.97. The van der Waals surface area contributed by atoms with Crippen molar-refractivity contribution in [2.45, 2.75) is 19.2 Å². The topological polar surface area (TPSA) is 101 Å². The van der Waals surface area contributed by atoms with Crippen molar-refractivity contribution in [3.05, 3.63) is 76.1 Å². The van der Waals surface area contributed by atoms with E-state index in [1.54, 1.807) is 11.6 Å². The zero-order valence-electron chi connectivity index (χ0n) is 15.4. The van der Waals surface area contributed by atoms with E-state index in [1.807, 2.05) is 0 Å². The van der Waals surface area contributed by atoms with E-state index in [-0.39, 0.29) is 34.8 Å². The number of hydrogen-bond donors (Lipinski definition) is 1. The van der Waals surface area contributed by atoms with Gasteiger partial charge in [0.25, 0.3) is 5.91 Å². The maximum atomic E-state index is 14.9. The second-order valence-electron chi connectivity index (χ2n) is 6.86. The van der Waals surface area contributed by atoms with E-state index in [9.17, 15) is 19.1 Å². The van der Waals surface area contributed by atoms with Gasteiger partial charge in [0.1, 0.15) is 17.3 Å². The summed E-state index contributed by atoms with van der Waals surface area (Å²) in [6.07, 6.45) is 5.66. The second-order valence-corrected chi connectivity index (χ2v) is 7.30. The molecule has 29 heavy (non-hydrogen) atoms. The third kappa shape index (κ3) is 3.18. The van der Waals surface area contributed by atoms with Crippen LogP contribution >= 0.6 is 11.6 Å². The van der Waals surface area contributed by atoms with Crippen LogP contribution in [0.1, 0.15) is 44.7 Å². The molecule has 0 bridgehead atoms. The molecule has 0 aliphatic carbocycles. The van der Waals surface area contributed by atoms with E-state index in [4.69, 9.17) is 11.6 Å². The summed E-state index contributed by atoms with van der Waals surface area (Å²) < 4.78 is 16.5. The van der Waals surface area contributed by atoms with Gasteiger partial charge in [-0.15, -0.1) is 0 Å². The smallest absolute Gasteiger partial charge is 0.257 e. The molecule has 8 nitrogen and oxygen atoms in total. The molecule has 1 aromatic carbocycles. The van der Waals surface area contributed by atoms with Crippen LogP contribution in [0.25, 0.3) is 0 Å². The minimum absolute atomic E-state index is 0.0336. The van der Waals surface area contributed by atoms with Crippen molar-refractivity contribution in [3.63, 3.8) is 0 Å². The SMILES string of the molecule is Cn1cnc(C(=O)c2cc(F)c3c(c2)C(=O)N(Cc2ncc(Cl)cn2)[C@]3(C)O)c1. The van der Waals surface area contributed by atoms with Gasteiger partial charge >= 0.3 is 0 Å². The Hall–Kier alpha value is -3.17. The highest BCUT2D eigenvalue weighted by atomic mass is 35.5. The predicted octanol–water partition coefficient (Wildman–Crippen LogP) is 2.05. The van der Waals surface area contributed by atoms with E-state index in [0.717, 1.165) is 11.0 Å². The van der Waals surface area contributed by atoms with Crippen LogP contribution in [0.2, 0.25) is 5.02 Å². The summed E-state index contributed by atoms with van der Waals surface area (Å²) in [5, 5.41) is 11.2. The first-order valence-corrected chi connectivity index (χ1v) is 8.93. The number of aliphatic hydroxyl groups is 1. The standard InChI is InChI=1S/C19H15ClFN5O3/c1-19(29)16-12(18(28)26(19)8-15-22-5-11(20)6-23-15)3-10(4-13(16)21)17(27)14-7-25(2)9-24-14/h3-7,9,29H,8H2,1-2H3/t19-/m1/s1. The minimum Gasteiger partial charge on any atom is -0.367 e. The molecule has 148 valence electrons. The molecule has 1 N–H and O–H groups in total. The van der Waals surface area contributed by atoms with Gasteiger partial charge in [-0.3, -0.25) is 14.5 Å². The third-order valence-corrected chi connectivity index (χ3v) is 4.93. The van der Waals surface area contributed by atoms with E-state index < -0.39 is 23.2 Å². The molecule has 10 heteroatoms. The summed E-state index contributed by atoms with van der Waals surface area (Å²) in [7, 11) is 1.70. The molecular formula is C19H15ClFN5O3. The van der Waals surface area contributed by atoms with Crippen LogP contribution in [0.3, 0.4) is 0 Å². The molecule has 2 aromatic heterocycles. The van der Waals surface area contributed by atoms with Gasteiger partial charge in [0.05, 0.1) is 29.0 Å². The average molecular weight is 416 g/mol. The van der Waals surface area contributed by atoms with Crippen molar-refractivity contribution in [2.24, 2.45) is 7.05 Å². The fourth-order valence-electron chi connectivity index (χ4n) is 3.33. The highest BCUT2D eigenvalue weighted by molar-refractivity contribution is 6.30. The Morgan fingerprint density at radius 2 is 1.97 bits per heavy atom. The number of carbonyl (C=O) groups excluding carboxylic acids is 2. The monoisotopic (exact) mass is 415 g/mol. The number of rotatable bonds is 4. The van der Waals surface area contributed by atoms with E-state index in [1.165, 1.54) is 37.9 Å². The van der Waals surface area contributed by atoms with Crippen molar-refractivity contribution in [1.82, 2.24) is 24.4 Å². The summed E-state index contributed by atoms with van der Waals surface area (Å²) in [6, 6.07) is 2.27. The van der Waals surface area contributed by atoms with E-state index in [0.29, 0.717) is 5.02 Å². The third-order valence-electron chi connectivity index (χ3n) is 4.74. The van der Waals surface area contributed by atoms with E-state index >= 15 is 0 Å². The number of benzene rings is 1. The van der Waals surface area contributed by atoms with Crippen LogP contribution < -0.4 is 0 Å². The van der Waals surface area contributed by atoms with Gasteiger partial charge in [0, 0.05) is 31.2 Å². The minimum atomic E-state index is -1.94. The van der Waals surface area contributed by atoms with Crippen LogP contribution in [0.15, 0.2) is 37.1 Å². The fraction of sp³-hybridized carbons (Fsp3) is 0.211. The molecule has 4 rings (SSSR count). The van der Waals surface area contributed by atoms with Crippen LogP contribution in [0.5, 0.6) is 0 Å². The van der Waals surface area contributed by atoms with Gasteiger partial charge in [-0.05, 0) is 19.1 Å². The lowest BCUT2D eigenvalue weighted by molar-refractivity contribution is -0.0757. The molecule has 0 unspecified atom stereocenters. The Morgan fingerprint density at radius 1 is 1.28 bits per heavy atom. The van der Waals surface area contributed by atoms with Gasteiger partial charge in [-0.1, -0.05) is 11.6 Å². The van der Waals surface area contributed by atoms with Crippen LogP contribution in [0, 0.1) is 5.82 Å². The molecule has 0 radical (unpaired) electrons. The normalized spacial score (nSPS) is 18.2. The number of hydrogen-bond acceptors (Lipinski definition) is 6. The summed E-state index contributed by atoms with van der Waals surface area (Å²) in [6.45, 7) is 1.14. The van der Waals surface area contributed by atoms with Crippen LogP contribution in [-0.4, -0.2) is 41.2 Å². The zero-order chi connectivity index (χ0) is 20.9. The summed E-state index contributed by atoms with van der Waals surface area (Å²) in [4.78, 5) is 38.6. The number of carbonyl (C=O) groups is 2. The van der Waals surface area contributed by atoms with Crippen molar-refractivity contribution < 1.29 is 19.1 Å². The molecule has 1 aliphatic heterocycles. The summed E-state index contributed by atoms with van der Waals surface area (Å²) in [5.41, 5.74) is -2.15. The maximum absolute atomic E-state index is 14.9. The number of amides is 1. The highest BCUT2D eigenvalue weighted by Gasteiger charge is 2.48. The lowest BCUT2D eigenvalue weighted by Crippen LogP contribution is -2.41. The molecule has 3 heterocycles. The molecular weight excluding hydrogens is 401 g/mol. The van der Waals surface area contributed by atoms with Gasteiger partial charge in [0.15, 0.2) is 5.72 Å². The molecule has 0 saturated heterocycles. The van der Waals surface area contributed by atoms with Crippen molar-refractivity contribution in [2.75, 3.05) is 0 Å². The van der Waals surface area contributed by atoms with Crippen LogP contribution in [0.4, 0.5) is 4.39 Å². The number of aromatic nitrogens is 4. The number of nitrogens with zero attached hydrogens (tertiary/aromatic N) is 5. The van der Waals surface area contributed by atoms with Gasteiger partial charge in [0.2, 0.25) is 5.78 Å². The molecule has 3 aromatic rings. The Labute approximate surface area is 169 Å². The number of ketones is 1. The lowest BCUT2D eigenvalue weighted by Gasteiger charge is -2.30. The predicted molar refractivity (Wildman–Crippen MR) is 99.5 cm³/mol. The number of halogens is 2. The van der Waals surface area contributed by atoms with Gasteiger partial charge in [-0.25, -0.2) is 19.3 Å². The Bertz CT molecular complexity index is 1140. The molecule has 0 saturated carbocycles. The molecule has 0 fully saturated rings. The molecule has 1 atom stereocenters. The Kier molecular flexibility index (Phi) is 4.44. The molecule has 1 amide bonds. The summed E-state index contributed by atoms with van der Waals surface area (Å²) in [5.74, 6) is -1.81. The van der Waals surface area contributed by atoms with Gasteiger partial charge in [-0.2, -0.15) is 0 Å². The number of aryl methyl sites for hydroxylation is 1. The largest absolute Gasteiger partial charge is 0.367 e. The first-order valence-electron chi connectivity index (χ1n) is 8.56. The number of imidazole rings is 1. The molecule has 0 spiro atoms. The second kappa shape index (κ2) is 6.71. The fourth-order valence-corrected chi connectivity index (χ4v) is 3.43. The quantitative estimate of drug-likeness (QED) is 0.654. The maximum Gasteiger partial charge on any atom is 0.257 e. The van der Waals surface area contributed by atoms with Crippen LogP contribution in [-0.2, 0) is 19.3 Å². The highest BCUT2D eigenvalue weighted by Crippen LogP contribution is 2.40. The van der Waals surface area contributed by atoms with Crippen molar-refractivity contribution in [1.29, 1.82) is 0 Å². The Balaban J connectivity index is 1.73. The van der Waals surface area contributed by atoms with Gasteiger partial charge < -0.3 is 9.67 Å². The first kappa shape index (κ1) is 19.2. The number of fused-ring (bicyclic) bond motifs is 1. The molecule has 1 aliphatic rings. The van der Waals surface area contributed by atoms with Crippen molar-refractivity contribution >= 4 is 23.3 Å². The zero-order valence-corrected chi connectivity index (χ0v) is 16.2. The average Bonchev–Trinajstić information content (AvgIpc) is 3.18. The van der Waals surface area contributed by atoms with Crippen molar-refractivity contribution in [3.8, 4) is 0 Å². The summed E-state index contributed by atoms with van der Waals surface area (Å²) >= 11 is 5.76.